The molecule has 0 spiro atoms. The molecule has 0 aliphatic carbocycles. The summed E-state index contributed by atoms with van der Waals surface area (Å²) in [5.74, 6) is 0. The summed E-state index contributed by atoms with van der Waals surface area (Å²) in [5, 5.41) is 4.66. The van der Waals surface area contributed by atoms with Crippen LogP contribution in [0.1, 0.15) is 39.5 Å². The minimum absolute atomic E-state index is 1.20. The average Bonchev–Trinajstić information content (AvgIpc) is 2.75. The Balaban J connectivity index is 2.40. The first-order chi connectivity index (χ1) is 13.3. The van der Waals surface area contributed by atoms with Crippen molar-refractivity contribution in [3.63, 3.8) is 0 Å². The molecule has 0 nitrogen and oxygen atoms in total. The van der Waals surface area contributed by atoms with E-state index in [1.54, 1.807) is 15.9 Å². The first-order valence-corrected chi connectivity index (χ1v) is 13.1. The Morgan fingerprint density at radius 2 is 0.889 bits per heavy atom. The fraction of sp³-hybridized carbons (Fsp3) is 0.308. The molecule has 3 rings (SSSR count). The van der Waals surface area contributed by atoms with Gasteiger partial charge in [0.05, 0.1) is 0 Å². The molecule has 0 unspecified atom stereocenters. The molecule has 0 radical (unpaired) electrons. The zero-order valence-corrected chi connectivity index (χ0v) is 17.7. The third-order valence-electron chi connectivity index (χ3n) is 6.11. The molecule has 0 aliphatic heterocycles. The van der Waals surface area contributed by atoms with Crippen molar-refractivity contribution in [1.82, 2.24) is 0 Å². The Kier molecular flexibility index (Phi) is 6.51. The van der Waals surface area contributed by atoms with Gasteiger partial charge in [-0.2, -0.15) is 0 Å². The molecule has 0 aromatic heterocycles. The van der Waals surface area contributed by atoms with Crippen molar-refractivity contribution in [2.45, 2.75) is 39.5 Å². The standard InChI is InChI=1S/C26H33P/c1-3-5-15-23-27(22-4-2,24-16-9-6-10-17-24,25-18-11-7-12-19-25)26-20-13-8-14-21-26/h6-14,16-21H,3-5,15,22-23H2,1-2H3. The van der Waals surface area contributed by atoms with Gasteiger partial charge in [0, 0.05) is 0 Å². The molecule has 0 heterocycles. The maximum atomic E-state index is 2.40. The van der Waals surface area contributed by atoms with Gasteiger partial charge >= 0.3 is 165 Å². The second-order valence-electron chi connectivity index (χ2n) is 7.67. The topological polar surface area (TPSA) is 0 Å². The number of hydrogen-bond donors (Lipinski definition) is 0. The summed E-state index contributed by atoms with van der Waals surface area (Å²) in [7, 11) is 0. The third-order valence-corrected chi connectivity index (χ3v) is 13.5. The summed E-state index contributed by atoms with van der Waals surface area (Å²) < 4.78 is 0. The number of hydrogen-bond acceptors (Lipinski definition) is 0. The van der Waals surface area contributed by atoms with Crippen molar-refractivity contribution in [1.29, 1.82) is 0 Å². The zero-order chi connectivity index (χ0) is 19.0. The second kappa shape index (κ2) is 8.85. The van der Waals surface area contributed by atoms with Crippen LogP contribution in [-0.4, -0.2) is 12.3 Å². The SMILES string of the molecule is CCCCCP(CCC)(c1ccccc1)(c1ccccc1)c1ccccc1. The van der Waals surface area contributed by atoms with Crippen LogP contribution in [0, 0.1) is 0 Å². The van der Waals surface area contributed by atoms with E-state index in [9.17, 15) is 0 Å². The van der Waals surface area contributed by atoms with Gasteiger partial charge in [-0.25, -0.2) is 0 Å². The van der Waals surface area contributed by atoms with Crippen LogP contribution >= 0.6 is 6.60 Å². The fourth-order valence-corrected chi connectivity index (χ4v) is 12.2. The van der Waals surface area contributed by atoms with Crippen LogP contribution in [-0.2, 0) is 0 Å². The van der Waals surface area contributed by atoms with Crippen molar-refractivity contribution in [2.24, 2.45) is 0 Å². The number of unbranched alkanes of at least 4 members (excludes halogenated alkanes) is 2. The predicted molar refractivity (Wildman–Crippen MR) is 125 cm³/mol. The van der Waals surface area contributed by atoms with Gasteiger partial charge in [0.15, 0.2) is 0 Å². The van der Waals surface area contributed by atoms with Crippen LogP contribution in [0.2, 0.25) is 0 Å². The van der Waals surface area contributed by atoms with Gasteiger partial charge in [0.25, 0.3) is 0 Å². The molecule has 0 amide bonds. The van der Waals surface area contributed by atoms with Crippen LogP contribution in [0.3, 0.4) is 0 Å². The molecule has 0 fully saturated rings. The van der Waals surface area contributed by atoms with Gasteiger partial charge in [-0.3, -0.25) is 0 Å². The van der Waals surface area contributed by atoms with Gasteiger partial charge in [-0.05, 0) is 0 Å². The quantitative estimate of drug-likeness (QED) is 0.312. The third kappa shape index (κ3) is 3.48. The van der Waals surface area contributed by atoms with Crippen LogP contribution in [0.15, 0.2) is 91.0 Å². The predicted octanol–water partition coefficient (Wildman–Crippen LogP) is 6.12. The van der Waals surface area contributed by atoms with Crippen molar-refractivity contribution >= 4 is 22.5 Å². The molecule has 0 bridgehead atoms. The molecule has 0 atom stereocenters. The second-order valence-corrected chi connectivity index (χ2v) is 13.1. The van der Waals surface area contributed by atoms with Gasteiger partial charge in [0.2, 0.25) is 0 Å². The number of benzene rings is 3. The maximum absolute atomic E-state index is 2.52. The normalized spacial score (nSPS) is 13.0. The van der Waals surface area contributed by atoms with Crippen LogP contribution in [0.25, 0.3) is 0 Å². The van der Waals surface area contributed by atoms with E-state index in [2.05, 4.69) is 105 Å². The summed E-state index contributed by atoms with van der Waals surface area (Å²) in [6.45, 7) is 2.14. The molecule has 3 aromatic rings. The summed E-state index contributed by atoms with van der Waals surface area (Å²) in [5.41, 5.74) is 0. The van der Waals surface area contributed by atoms with E-state index in [1.165, 1.54) is 38.0 Å². The van der Waals surface area contributed by atoms with Gasteiger partial charge in [-0.15, -0.1) is 0 Å². The van der Waals surface area contributed by atoms with E-state index < -0.39 is 6.60 Å². The Morgan fingerprint density at radius 3 is 1.22 bits per heavy atom. The Hall–Kier alpha value is -1.91. The molecule has 27 heavy (non-hydrogen) atoms. The van der Waals surface area contributed by atoms with E-state index in [0.717, 1.165) is 0 Å². The van der Waals surface area contributed by atoms with E-state index in [-0.39, 0.29) is 0 Å². The average molecular weight is 377 g/mol. The van der Waals surface area contributed by atoms with Crippen LogP contribution in [0.5, 0.6) is 0 Å². The molecule has 0 saturated carbocycles. The summed E-state index contributed by atoms with van der Waals surface area (Å²) in [4.78, 5) is 0. The van der Waals surface area contributed by atoms with E-state index in [4.69, 9.17) is 0 Å². The van der Waals surface area contributed by atoms with Crippen LogP contribution in [0.4, 0.5) is 0 Å². The van der Waals surface area contributed by atoms with Crippen molar-refractivity contribution in [3.8, 4) is 0 Å². The van der Waals surface area contributed by atoms with Gasteiger partial charge in [-0.1, -0.05) is 0 Å². The summed E-state index contributed by atoms with van der Waals surface area (Å²) >= 11 is 0. The van der Waals surface area contributed by atoms with E-state index in [0.29, 0.717) is 0 Å². The van der Waals surface area contributed by atoms with Crippen molar-refractivity contribution < 1.29 is 0 Å². The fourth-order valence-electron chi connectivity index (χ4n) is 4.90. The first kappa shape index (κ1) is 19.8. The molecular formula is C26H33P. The van der Waals surface area contributed by atoms with E-state index in [1.807, 2.05) is 0 Å². The molecule has 0 saturated heterocycles. The Bertz CT molecular complexity index is 709. The molecule has 3 aromatic carbocycles. The molecule has 142 valence electrons. The molecular weight excluding hydrogens is 343 g/mol. The summed E-state index contributed by atoms with van der Waals surface area (Å²) in [6.07, 6.45) is 7.55. The van der Waals surface area contributed by atoms with Gasteiger partial charge in [0.1, 0.15) is 0 Å². The molecule has 0 N–H and O–H groups in total. The molecule has 0 aliphatic rings. The van der Waals surface area contributed by atoms with Crippen LogP contribution < -0.4 is 15.9 Å². The zero-order valence-electron chi connectivity index (χ0n) is 16.9. The van der Waals surface area contributed by atoms with Crippen molar-refractivity contribution in [2.75, 3.05) is 12.3 Å². The van der Waals surface area contributed by atoms with E-state index >= 15 is 0 Å². The minimum atomic E-state index is -2.52. The van der Waals surface area contributed by atoms with Crippen molar-refractivity contribution in [3.05, 3.63) is 91.0 Å². The molecule has 1 heteroatoms. The monoisotopic (exact) mass is 376 g/mol. The Labute approximate surface area is 165 Å². The first-order valence-electron chi connectivity index (χ1n) is 10.4. The number of rotatable bonds is 9. The Morgan fingerprint density at radius 1 is 0.481 bits per heavy atom. The van der Waals surface area contributed by atoms with Gasteiger partial charge < -0.3 is 0 Å². The summed E-state index contributed by atoms with van der Waals surface area (Å²) in [6, 6.07) is 34.3.